The van der Waals surface area contributed by atoms with Crippen molar-refractivity contribution in [2.75, 3.05) is 25.1 Å². The predicted molar refractivity (Wildman–Crippen MR) is 104 cm³/mol. The first-order chi connectivity index (χ1) is 12.1. The molecule has 1 heterocycles. The molecule has 1 aliphatic heterocycles. The zero-order chi connectivity index (χ0) is 17.8. The van der Waals surface area contributed by atoms with Crippen LogP contribution in [0.2, 0.25) is 5.02 Å². The molecule has 3 rings (SSSR count). The lowest BCUT2D eigenvalue weighted by molar-refractivity contribution is 0.112. The Labute approximate surface area is 158 Å². The maximum Gasteiger partial charge on any atom is 0.167 e. The maximum atomic E-state index is 6.23. The Morgan fingerprint density at radius 2 is 1.96 bits per heavy atom. The molecular weight excluding hydrogens is 358 g/mol. The van der Waals surface area contributed by atoms with Gasteiger partial charge in [0.2, 0.25) is 0 Å². The van der Waals surface area contributed by atoms with Crippen molar-refractivity contribution in [1.82, 2.24) is 0 Å². The smallest absolute Gasteiger partial charge is 0.167 e. The summed E-state index contributed by atoms with van der Waals surface area (Å²) in [5.41, 5.74) is 2.70. The SMILES string of the molecule is CCOc1cccc([C@H]2OCC(=S)Nc3ccc(Cl)cc32)c1OCC. The Morgan fingerprint density at radius 1 is 1.16 bits per heavy atom. The Morgan fingerprint density at radius 3 is 2.72 bits per heavy atom. The molecule has 4 nitrogen and oxygen atoms in total. The van der Waals surface area contributed by atoms with E-state index in [9.17, 15) is 0 Å². The molecular formula is C19H20ClNO3S. The summed E-state index contributed by atoms with van der Waals surface area (Å²) in [6.07, 6.45) is -0.358. The predicted octanol–water partition coefficient (Wildman–Crippen LogP) is 5.00. The number of hydrogen-bond donors (Lipinski definition) is 1. The van der Waals surface area contributed by atoms with Gasteiger partial charge in [0.25, 0.3) is 0 Å². The van der Waals surface area contributed by atoms with Gasteiger partial charge in [0.1, 0.15) is 11.1 Å². The van der Waals surface area contributed by atoms with Crippen molar-refractivity contribution < 1.29 is 14.2 Å². The van der Waals surface area contributed by atoms with Crippen molar-refractivity contribution in [1.29, 1.82) is 0 Å². The molecule has 0 fully saturated rings. The average Bonchev–Trinajstić information content (AvgIpc) is 2.75. The van der Waals surface area contributed by atoms with Crippen LogP contribution in [0.15, 0.2) is 36.4 Å². The van der Waals surface area contributed by atoms with Crippen LogP contribution in [0.1, 0.15) is 31.1 Å². The van der Waals surface area contributed by atoms with Crippen LogP contribution in [-0.2, 0) is 4.74 Å². The van der Waals surface area contributed by atoms with Gasteiger partial charge in [-0.2, -0.15) is 0 Å². The molecule has 2 aromatic carbocycles. The van der Waals surface area contributed by atoms with Crippen LogP contribution in [0.25, 0.3) is 0 Å². The van der Waals surface area contributed by atoms with E-state index < -0.39 is 0 Å². The minimum absolute atomic E-state index is 0.316. The van der Waals surface area contributed by atoms with Gasteiger partial charge < -0.3 is 19.5 Å². The molecule has 0 spiro atoms. The molecule has 6 heteroatoms. The Bertz CT molecular complexity index is 781. The lowest BCUT2D eigenvalue weighted by atomic mass is 9.98. The minimum atomic E-state index is -0.358. The molecule has 0 aliphatic carbocycles. The lowest BCUT2D eigenvalue weighted by Crippen LogP contribution is -2.14. The molecule has 0 bridgehead atoms. The zero-order valence-corrected chi connectivity index (χ0v) is 15.7. The van der Waals surface area contributed by atoms with E-state index in [2.05, 4.69) is 5.32 Å². The van der Waals surface area contributed by atoms with E-state index in [1.54, 1.807) is 0 Å². The van der Waals surface area contributed by atoms with Gasteiger partial charge in [-0.1, -0.05) is 36.0 Å². The summed E-state index contributed by atoms with van der Waals surface area (Å²) in [7, 11) is 0. The molecule has 0 aromatic heterocycles. The molecule has 1 N–H and O–H groups in total. The van der Waals surface area contributed by atoms with Crippen LogP contribution < -0.4 is 14.8 Å². The minimum Gasteiger partial charge on any atom is -0.490 e. The fraction of sp³-hybridized carbons (Fsp3) is 0.316. The number of fused-ring (bicyclic) bond motifs is 1. The third-order valence-electron chi connectivity index (χ3n) is 3.83. The summed E-state index contributed by atoms with van der Waals surface area (Å²) in [5.74, 6) is 1.39. The third-order valence-corrected chi connectivity index (χ3v) is 4.29. The van der Waals surface area contributed by atoms with Gasteiger partial charge in [0.15, 0.2) is 11.5 Å². The second kappa shape index (κ2) is 8.04. The monoisotopic (exact) mass is 377 g/mol. The first-order valence-electron chi connectivity index (χ1n) is 8.23. The number of para-hydroxylation sites is 1. The first kappa shape index (κ1) is 18.0. The van der Waals surface area contributed by atoms with Crippen LogP contribution in [-0.4, -0.2) is 24.8 Å². The molecule has 2 aromatic rings. The van der Waals surface area contributed by atoms with E-state index in [-0.39, 0.29) is 6.10 Å². The fourth-order valence-electron chi connectivity index (χ4n) is 2.86. The second-order valence-electron chi connectivity index (χ2n) is 5.51. The molecule has 0 amide bonds. The summed E-state index contributed by atoms with van der Waals surface area (Å²) in [4.78, 5) is 0.630. The zero-order valence-electron chi connectivity index (χ0n) is 14.2. The summed E-state index contributed by atoms with van der Waals surface area (Å²) in [6, 6.07) is 11.5. The number of nitrogens with one attached hydrogen (secondary N) is 1. The molecule has 1 atom stereocenters. The quantitative estimate of drug-likeness (QED) is 0.743. The van der Waals surface area contributed by atoms with Crippen molar-refractivity contribution in [2.45, 2.75) is 20.0 Å². The van der Waals surface area contributed by atoms with E-state index in [1.165, 1.54) is 0 Å². The molecule has 0 radical (unpaired) electrons. The van der Waals surface area contributed by atoms with Crippen LogP contribution in [0.5, 0.6) is 11.5 Å². The van der Waals surface area contributed by atoms with E-state index in [0.717, 1.165) is 16.8 Å². The highest BCUT2D eigenvalue weighted by Gasteiger charge is 2.27. The Kier molecular flexibility index (Phi) is 5.78. The summed E-state index contributed by atoms with van der Waals surface area (Å²) in [5, 5.41) is 3.86. The highest BCUT2D eigenvalue weighted by Crippen LogP contribution is 2.42. The number of halogens is 1. The van der Waals surface area contributed by atoms with Crippen molar-refractivity contribution in [3.05, 3.63) is 52.5 Å². The van der Waals surface area contributed by atoms with Crippen molar-refractivity contribution in [2.24, 2.45) is 0 Å². The number of anilines is 1. The number of thiocarbonyl (C=S) groups is 1. The van der Waals surface area contributed by atoms with E-state index >= 15 is 0 Å². The summed E-state index contributed by atoms with van der Waals surface area (Å²) in [6.45, 7) is 5.30. The van der Waals surface area contributed by atoms with E-state index in [0.29, 0.717) is 41.3 Å². The average molecular weight is 378 g/mol. The van der Waals surface area contributed by atoms with Gasteiger partial charge in [-0.25, -0.2) is 0 Å². The molecule has 1 aliphatic rings. The third kappa shape index (κ3) is 3.89. The van der Waals surface area contributed by atoms with Gasteiger partial charge in [-0.3, -0.25) is 0 Å². The second-order valence-corrected chi connectivity index (χ2v) is 6.44. The van der Waals surface area contributed by atoms with Gasteiger partial charge in [0, 0.05) is 21.8 Å². The van der Waals surface area contributed by atoms with E-state index in [4.69, 9.17) is 38.0 Å². The highest BCUT2D eigenvalue weighted by atomic mass is 35.5. The Balaban J connectivity index is 2.14. The Hall–Kier alpha value is -1.82. The topological polar surface area (TPSA) is 39.7 Å². The molecule has 25 heavy (non-hydrogen) atoms. The van der Waals surface area contributed by atoms with Crippen molar-refractivity contribution in [3.8, 4) is 11.5 Å². The largest absolute Gasteiger partial charge is 0.490 e. The normalized spacial score (nSPS) is 16.6. The molecule has 0 saturated heterocycles. The molecule has 0 saturated carbocycles. The van der Waals surface area contributed by atoms with Gasteiger partial charge in [0.05, 0.1) is 19.8 Å². The van der Waals surface area contributed by atoms with Gasteiger partial charge >= 0.3 is 0 Å². The number of benzene rings is 2. The van der Waals surface area contributed by atoms with Crippen LogP contribution >= 0.6 is 23.8 Å². The summed E-state index contributed by atoms with van der Waals surface area (Å²) >= 11 is 11.6. The number of hydrogen-bond acceptors (Lipinski definition) is 4. The van der Waals surface area contributed by atoms with Gasteiger partial charge in [-0.15, -0.1) is 0 Å². The highest BCUT2D eigenvalue weighted by molar-refractivity contribution is 7.80. The molecule has 132 valence electrons. The number of ether oxygens (including phenoxy) is 3. The lowest BCUT2D eigenvalue weighted by Gasteiger charge is -2.22. The fourth-order valence-corrected chi connectivity index (χ4v) is 3.22. The maximum absolute atomic E-state index is 6.23. The summed E-state index contributed by atoms with van der Waals surface area (Å²) < 4.78 is 17.7. The van der Waals surface area contributed by atoms with Crippen LogP contribution in [0.4, 0.5) is 5.69 Å². The molecule has 0 unspecified atom stereocenters. The van der Waals surface area contributed by atoms with E-state index in [1.807, 2.05) is 50.2 Å². The standard InChI is InChI=1S/C19H20ClNO3S/c1-3-22-16-7-5-6-13(19(16)23-4-2)18-14-10-12(20)8-9-15(14)21-17(25)11-24-18/h5-10,18H,3-4,11H2,1-2H3,(H,21,25)/t18-/m1/s1. The van der Waals surface area contributed by atoms with Crippen LogP contribution in [0, 0.1) is 0 Å². The van der Waals surface area contributed by atoms with Crippen molar-refractivity contribution in [3.63, 3.8) is 0 Å². The van der Waals surface area contributed by atoms with Gasteiger partial charge in [-0.05, 0) is 38.1 Å². The first-order valence-corrected chi connectivity index (χ1v) is 9.02. The number of rotatable bonds is 5. The van der Waals surface area contributed by atoms with Crippen molar-refractivity contribution >= 4 is 34.5 Å². The van der Waals surface area contributed by atoms with Crippen LogP contribution in [0.3, 0.4) is 0 Å².